The smallest absolute Gasteiger partial charge is 0.314 e. The largest absolute Gasteiger partial charge is 0.420 e. The number of carbonyl (C=O) groups is 1. The Morgan fingerprint density at radius 1 is 0.625 bits per heavy atom. The molecule has 0 heterocycles. The van der Waals surface area contributed by atoms with Gasteiger partial charge in [0.2, 0.25) is 17.4 Å². The fourth-order valence-corrected chi connectivity index (χ4v) is 5.40. The lowest BCUT2D eigenvalue weighted by Gasteiger charge is -2.27. The molecule has 1 fully saturated rings. The summed E-state index contributed by atoms with van der Waals surface area (Å²) in [5.74, 6) is -20.6. The summed E-state index contributed by atoms with van der Waals surface area (Å²) in [6.45, 7) is 4.02. The van der Waals surface area contributed by atoms with E-state index in [2.05, 4.69) is 4.74 Å². The van der Waals surface area contributed by atoms with Crippen LogP contribution in [0.25, 0.3) is 11.1 Å². The van der Waals surface area contributed by atoms with Gasteiger partial charge in [-0.3, -0.25) is 4.79 Å². The van der Waals surface area contributed by atoms with Gasteiger partial charge in [-0.1, -0.05) is 58.8 Å². The van der Waals surface area contributed by atoms with Crippen LogP contribution in [0.4, 0.5) is 35.1 Å². The van der Waals surface area contributed by atoms with E-state index in [1.807, 2.05) is 13.8 Å². The molecule has 0 spiro atoms. The molecular weight excluding hydrogens is 544 g/mol. The first-order chi connectivity index (χ1) is 19.0. The molecule has 1 aliphatic rings. The van der Waals surface area contributed by atoms with Gasteiger partial charge in [0.05, 0.1) is 17.0 Å². The standard InChI is InChI=1S/C30H34F8O2/c1-3-5-6-7-8-9-11-18-21(31)23(33)19(24(34)22(18)32)20-25(35)27(37)29(28(38)26(20)36)40-30(39)17-14-12-16(10-4-2)13-15-17/h16-17H,3-15H2,1-2H3/t16-,17-. The van der Waals surface area contributed by atoms with Crippen molar-refractivity contribution in [2.24, 2.45) is 11.8 Å². The molecule has 0 amide bonds. The van der Waals surface area contributed by atoms with Crippen LogP contribution < -0.4 is 4.74 Å². The highest BCUT2D eigenvalue weighted by Gasteiger charge is 2.36. The summed E-state index contributed by atoms with van der Waals surface area (Å²) in [4.78, 5) is 12.5. The van der Waals surface area contributed by atoms with Gasteiger partial charge >= 0.3 is 5.97 Å². The summed E-state index contributed by atoms with van der Waals surface area (Å²) in [6.07, 6.45) is 7.86. The Kier molecular flexibility index (Phi) is 11.4. The molecule has 2 aromatic carbocycles. The zero-order valence-corrected chi connectivity index (χ0v) is 22.7. The molecule has 222 valence electrons. The third-order valence-corrected chi connectivity index (χ3v) is 7.69. The third kappa shape index (κ3) is 6.79. The van der Waals surface area contributed by atoms with E-state index in [1.54, 1.807) is 0 Å². The lowest BCUT2D eigenvalue weighted by molar-refractivity contribution is -0.140. The maximum absolute atomic E-state index is 14.9. The summed E-state index contributed by atoms with van der Waals surface area (Å²) in [6, 6.07) is 0. The van der Waals surface area contributed by atoms with Gasteiger partial charge in [-0.05, 0) is 44.4 Å². The van der Waals surface area contributed by atoms with E-state index in [9.17, 15) is 39.9 Å². The topological polar surface area (TPSA) is 26.3 Å². The van der Waals surface area contributed by atoms with Crippen molar-refractivity contribution >= 4 is 5.97 Å². The van der Waals surface area contributed by atoms with Crippen molar-refractivity contribution in [1.29, 1.82) is 0 Å². The summed E-state index contributed by atoms with van der Waals surface area (Å²) < 4.78 is 123. The number of benzene rings is 2. The highest BCUT2D eigenvalue weighted by molar-refractivity contribution is 5.76. The lowest BCUT2D eigenvalue weighted by atomic mass is 9.80. The summed E-state index contributed by atoms with van der Waals surface area (Å²) in [5, 5.41) is 0. The number of hydrogen-bond acceptors (Lipinski definition) is 2. The van der Waals surface area contributed by atoms with Crippen LogP contribution in [-0.4, -0.2) is 5.97 Å². The fraction of sp³-hybridized carbons (Fsp3) is 0.567. The molecular formula is C30H34F8O2. The quantitative estimate of drug-likeness (QED) is 0.0824. The summed E-state index contributed by atoms with van der Waals surface area (Å²) in [5.41, 5.74) is -4.87. The first kappa shape index (κ1) is 31.9. The SMILES string of the molecule is CCCCCCCCc1c(F)c(F)c(-c2c(F)c(F)c(OC(=O)[C@H]3CC[C@H](CCC)CC3)c(F)c2F)c(F)c1F. The second kappa shape index (κ2) is 14.3. The fourth-order valence-electron chi connectivity index (χ4n) is 5.40. The first-order valence-electron chi connectivity index (χ1n) is 14.0. The number of halogens is 8. The van der Waals surface area contributed by atoms with Crippen LogP contribution in [0, 0.1) is 58.4 Å². The Morgan fingerprint density at radius 3 is 1.60 bits per heavy atom. The van der Waals surface area contributed by atoms with Crippen LogP contribution in [0.1, 0.15) is 96.5 Å². The van der Waals surface area contributed by atoms with Crippen molar-refractivity contribution in [3.8, 4) is 16.9 Å². The molecule has 0 saturated heterocycles. The Bertz CT molecular complexity index is 1150. The minimum Gasteiger partial charge on any atom is -0.420 e. The number of esters is 1. The van der Waals surface area contributed by atoms with Crippen LogP contribution in [0.3, 0.4) is 0 Å². The van der Waals surface area contributed by atoms with E-state index < -0.39 is 80.9 Å². The molecule has 0 atom stereocenters. The highest BCUT2D eigenvalue weighted by Crippen LogP contribution is 2.41. The monoisotopic (exact) mass is 578 g/mol. The number of rotatable bonds is 12. The molecule has 0 bridgehead atoms. The van der Waals surface area contributed by atoms with Crippen LogP contribution in [0.15, 0.2) is 0 Å². The molecule has 0 aliphatic heterocycles. The molecule has 2 nitrogen and oxygen atoms in total. The van der Waals surface area contributed by atoms with Crippen molar-refractivity contribution in [2.45, 2.75) is 97.3 Å². The third-order valence-electron chi connectivity index (χ3n) is 7.69. The van der Waals surface area contributed by atoms with Crippen LogP contribution in [-0.2, 0) is 11.2 Å². The zero-order chi connectivity index (χ0) is 29.6. The van der Waals surface area contributed by atoms with Gasteiger partial charge in [-0.15, -0.1) is 0 Å². The zero-order valence-electron chi connectivity index (χ0n) is 22.7. The Balaban J connectivity index is 1.89. The Morgan fingerprint density at radius 2 is 1.10 bits per heavy atom. The van der Waals surface area contributed by atoms with Crippen molar-refractivity contribution in [2.75, 3.05) is 0 Å². The molecule has 0 unspecified atom stereocenters. The predicted octanol–water partition coefficient (Wildman–Crippen LogP) is 9.88. The maximum atomic E-state index is 14.9. The summed E-state index contributed by atoms with van der Waals surface area (Å²) >= 11 is 0. The van der Waals surface area contributed by atoms with E-state index in [0.717, 1.165) is 38.5 Å². The minimum atomic E-state index is -2.35. The molecule has 1 aliphatic carbocycles. The number of unbranched alkanes of at least 4 members (excludes halogenated alkanes) is 5. The second-order valence-corrected chi connectivity index (χ2v) is 10.5. The van der Waals surface area contributed by atoms with E-state index in [0.29, 0.717) is 38.0 Å². The molecule has 40 heavy (non-hydrogen) atoms. The molecule has 0 N–H and O–H groups in total. The normalized spacial score (nSPS) is 17.4. The van der Waals surface area contributed by atoms with Gasteiger partial charge in [0.15, 0.2) is 34.9 Å². The van der Waals surface area contributed by atoms with Crippen molar-refractivity contribution in [1.82, 2.24) is 0 Å². The van der Waals surface area contributed by atoms with Crippen LogP contribution in [0.5, 0.6) is 5.75 Å². The summed E-state index contributed by atoms with van der Waals surface area (Å²) in [7, 11) is 0. The van der Waals surface area contributed by atoms with Crippen molar-refractivity contribution < 1.29 is 44.7 Å². The van der Waals surface area contributed by atoms with Gasteiger partial charge in [0.25, 0.3) is 0 Å². The molecule has 2 aromatic rings. The van der Waals surface area contributed by atoms with Gasteiger partial charge in [0.1, 0.15) is 0 Å². The van der Waals surface area contributed by atoms with E-state index in [-0.39, 0.29) is 12.8 Å². The van der Waals surface area contributed by atoms with Crippen LogP contribution in [0.2, 0.25) is 0 Å². The highest BCUT2D eigenvalue weighted by atomic mass is 19.2. The molecule has 0 aromatic heterocycles. The van der Waals surface area contributed by atoms with E-state index >= 15 is 0 Å². The average molecular weight is 579 g/mol. The van der Waals surface area contributed by atoms with Crippen LogP contribution >= 0.6 is 0 Å². The molecule has 1 saturated carbocycles. The van der Waals surface area contributed by atoms with Gasteiger partial charge < -0.3 is 4.74 Å². The molecule has 3 rings (SSSR count). The van der Waals surface area contributed by atoms with Gasteiger partial charge in [-0.25, -0.2) is 26.3 Å². The maximum Gasteiger partial charge on any atom is 0.314 e. The second-order valence-electron chi connectivity index (χ2n) is 10.5. The molecule has 0 radical (unpaired) electrons. The average Bonchev–Trinajstić information content (AvgIpc) is 2.94. The first-order valence-corrected chi connectivity index (χ1v) is 14.0. The van der Waals surface area contributed by atoms with Crippen molar-refractivity contribution in [3.05, 3.63) is 52.1 Å². The minimum absolute atomic E-state index is 0.197. The van der Waals surface area contributed by atoms with Crippen molar-refractivity contribution in [3.63, 3.8) is 0 Å². The Labute approximate surface area is 229 Å². The Hall–Kier alpha value is -2.65. The predicted molar refractivity (Wildman–Crippen MR) is 135 cm³/mol. The van der Waals surface area contributed by atoms with Gasteiger partial charge in [-0.2, -0.15) is 8.78 Å². The number of hydrogen-bond donors (Lipinski definition) is 0. The van der Waals surface area contributed by atoms with Gasteiger partial charge in [0, 0.05) is 5.56 Å². The number of carbonyl (C=O) groups excluding carboxylic acids is 1. The van der Waals surface area contributed by atoms with E-state index in [1.165, 1.54) is 0 Å². The lowest BCUT2D eigenvalue weighted by Crippen LogP contribution is -2.26. The molecule has 10 heteroatoms. The van der Waals surface area contributed by atoms with E-state index in [4.69, 9.17) is 0 Å². The number of ether oxygens (including phenoxy) is 1.